The van der Waals surface area contributed by atoms with Crippen LogP contribution in [0.4, 0.5) is 4.39 Å². The number of halogens is 1. The number of amides is 2. The van der Waals surface area contributed by atoms with E-state index in [2.05, 4.69) is 5.32 Å². The molecule has 4 nitrogen and oxygen atoms in total. The Balaban J connectivity index is 2.14. The molecule has 1 heterocycles. The Morgan fingerprint density at radius 1 is 1.45 bits per heavy atom. The molecule has 20 heavy (non-hydrogen) atoms. The predicted octanol–water partition coefficient (Wildman–Crippen LogP) is 1.70. The van der Waals surface area contributed by atoms with Crippen LogP contribution >= 0.6 is 0 Å². The lowest BCUT2D eigenvalue weighted by molar-refractivity contribution is -0.146. The third-order valence-corrected chi connectivity index (χ3v) is 3.70. The van der Waals surface area contributed by atoms with Crippen LogP contribution in [0.15, 0.2) is 24.3 Å². The smallest absolute Gasteiger partial charge is 0.246 e. The topological polar surface area (TPSA) is 49.4 Å². The van der Waals surface area contributed by atoms with Gasteiger partial charge in [0.05, 0.1) is 6.54 Å². The Labute approximate surface area is 118 Å². The van der Waals surface area contributed by atoms with Crippen LogP contribution < -0.4 is 5.32 Å². The van der Waals surface area contributed by atoms with E-state index in [-0.39, 0.29) is 36.6 Å². The van der Waals surface area contributed by atoms with Crippen molar-refractivity contribution in [3.63, 3.8) is 0 Å². The zero-order chi connectivity index (χ0) is 14.7. The molecule has 0 radical (unpaired) electrons. The molecule has 1 saturated heterocycles. The zero-order valence-electron chi connectivity index (χ0n) is 11.7. The Morgan fingerprint density at radius 3 is 2.85 bits per heavy atom. The molecule has 5 heteroatoms. The standard InChI is InChI=1S/C15H19FN2O2/c1-3-10(2)14-15(20)18(9-13(19)17-14)8-11-5-4-6-12(16)7-11/h4-7,10,14H,3,8-9H2,1-2H3,(H,17,19). The molecule has 2 amide bonds. The first kappa shape index (κ1) is 14.5. The van der Waals surface area contributed by atoms with Gasteiger partial charge in [0.25, 0.3) is 0 Å². The molecule has 2 atom stereocenters. The summed E-state index contributed by atoms with van der Waals surface area (Å²) < 4.78 is 13.2. The molecule has 108 valence electrons. The first-order valence-corrected chi connectivity index (χ1v) is 6.84. The average Bonchev–Trinajstić information content (AvgIpc) is 2.41. The normalized spacial score (nSPS) is 20.8. The van der Waals surface area contributed by atoms with Gasteiger partial charge in [-0.2, -0.15) is 0 Å². The molecule has 0 aromatic heterocycles. The summed E-state index contributed by atoms with van der Waals surface area (Å²) in [7, 11) is 0. The molecule has 0 bridgehead atoms. The number of carbonyl (C=O) groups excluding carboxylic acids is 2. The second kappa shape index (κ2) is 6.03. The highest BCUT2D eigenvalue weighted by molar-refractivity contribution is 5.94. The number of nitrogens with one attached hydrogen (secondary N) is 1. The van der Waals surface area contributed by atoms with E-state index < -0.39 is 6.04 Å². The summed E-state index contributed by atoms with van der Waals surface area (Å²) in [5.74, 6) is -0.508. The van der Waals surface area contributed by atoms with Crippen LogP contribution in [0.5, 0.6) is 0 Å². The summed E-state index contributed by atoms with van der Waals surface area (Å²) >= 11 is 0. The highest BCUT2D eigenvalue weighted by Gasteiger charge is 2.35. The van der Waals surface area contributed by atoms with E-state index in [1.165, 1.54) is 17.0 Å². The van der Waals surface area contributed by atoms with Gasteiger partial charge in [-0.1, -0.05) is 32.4 Å². The number of nitrogens with zero attached hydrogens (tertiary/aromatic N) is 1. The van der Waals surface area contributed by atoms with Crippen LogP contribution in [0.1, 0.15) is 25.8 Å². The summed E-state index contributed by atoms with van der Waals surface area (Å²) in [5.41, 5.74) is 0.691. The van der Waals surface area contributed by atoms with E-state index in [4.69, 9.17) is 0 Å². The largest absolute Gasteiger partial charge is 0.342 e. The van der Waals surface area contributed by atoms with Gasteiger partial charge in [0.15, 0.2) is 0 Å². The zero-order valence-corrected chi connectivity index (χ0v) is 11.7. The van der Waals surface area contributed by atoms with E-state index in [1.807, 2.05) is 13.8 Å². The molecule has 0 aliphatic carbocycles. The highest BCUT2D eigenvalue weighted by atomic mass is 19.1. The fraction of sp³-hybridized carbons (Fsp3) is 0.467. The van der Waals surface area contributed by atoms with Gasteiger partial charge < -0.3 is 10.2 Å². The molecule has 1 aromatic rings. The lowest BCUT2D eigenvalue weighted by Crippen LogP contribution is -2.59. The van der Waals surface area contributed by atoms with Crippen LogP contribution in [0, 0.1) is 11.7 Å². The van der Waals surface area contributed by atoms with Crippen LogP contribution in [0.3, 0.4) is 0 Å². The van der Waals surface area contributed by atoms with Gasteiger partial charge in [0, 0.05) is 6.54 Å². The van der Waals surface area contributed by atoms with Crippen LogP contribution in [0.2, 0.25) is 0 Å². The van der Waals surface area contributed by atoms with Crippen LogP contribution in [-0.2, 0) is 16.1 Å². The van der Waals surface area contributed by atoms with Crippen molar-refractivity contribution in [3.05, 3.63) is 35.6 Å². The number of hydrogen-bond donors (Lipinski definition) is 1. The van der Waals surface area contributed by atoms with Gasteiger partial charge in [-0.05, 0) is 23.6 Å². The van der Waals surface area contributed by atoms with Gasteiger partial charge in [0.2, 0.25) is 11.8 Å². The van der Waals surface area contributed by atoms with E-state index in [0.717, 1.165) is 6.42 Å². The lowest BCUT2D eigenvalue weighted by Gasteiger charge is -2.35. The molecule has 1 aliphatic heterocycles. The Hall–Kier alpha value is -1.91. The summed E-state index contributed by atoms with van der Waals surface area (Å²) in [6.07, 6.45) is 0.810. The predicted molar refractivity (Wildman–Crippen MR) is 73.2 cm³/mol. The molecule has 2 rings (SSSR count). The second-order valence-corrected chi connectivity index (χ2v) is 5.25. The minimum atomic E-state index is -0.477. The average molecular weight is 278 g/mol. The SMILES string of the molecule is CCC(C)C1NC(=O)CN(Cc2cccc(F)c2)C1=O. The number of benzene rings is 1. The Bertz CT molecular complexity index is 518. The Kier molecular flexibility index (Phi) is 4.37. The minimum Gasteiger partial charge on any atom is -0.342 e. The number of carbonyl (C=O) groups is 2. The van der Waals surface area contributed by atoms with Crippen LogP contribution in [-0.4, -0.2) is 29.3 Å². The van der Waals surface area contributed by atoms with Crippen LogP contribution in [0.25, 0.3) is 0 Å². The highest BCUT2D eigenvalue weighted by Crippen LogP contribution is 2.16. The maximum Gasteiger partial charge on any atom is 0.246 e. The van der Waals surface area contributed by atoms with E-state index in [0.29, 0.717) is 5.56 Å². The van der Waals surface area contributed by atoms with Gasteiger partial charge >= 0.3 is 0 Å². The number of rotatable bonds is 4. The van der Waals surface area contributed by atoms with Crippen molar-refractivity contribution < 1.29 is 14.0 Å². The monoisotopic (exact) mass is 278 g/mol. The minimum absolute atomic E-state index is 0.0300. The van der Waals surface area contributed by atoms with E-state index in [9.17, 15) is 14.0 Å². The Morgan fingerprint density at radius 2 is 2.20 bits per heavy atom. The summed E-state index contributed by atoms with van der Waals surface area (Å²) in [6.45, 7) is 4.21. The third-order valence-electron chi connectivity index (χ3n) is 3.70. The van der Waals surface area contributed by atoms with Crippen molar-refractivity contribution in [1.82, 2.24) is 10.2 Å². The molecule has 1 N–H and O–H groups in total. The van der Waals surface area contributed by atoms with Crippen molar-refractivity contribution in [1.29, 1.82) is 0 Å². The molecular formula is C15H19FN2O2. The quantitative estimate of drug-likeness (QED) is 0.911. The second-order valence-electron chi connectivity index (χ2n) is 5.25. The van der Waals surface area contributed by atoms with Gasteiger partial charge in [-0.3, -0.25) is 9.59 Å². The lowest BCUT2D eigenvalue weighted by atomic mass is 9.96. The maximum atomic E-state index is 13.2. The molecular weight excluding hydrogens is 259 g/mol. The molecule has 1 aromatic carbocycles. The van der Waals surface area contributed by atoms with Gasteiger partial charge in [-0.25, -0.2) is 4.39 Å². The van der Waals surface area contributed by atoms with Crippen molar-refractivity contribution in [3.8, 4) is 0 Å². The summed E-state index contributed by atoms with van der Waals surface area (Å²) in [5, 5.41) is 2.74. The third kappa shape index (κ3) is 3.15. The number of piperazine rings is 1. The summed E-state index contributed by atoms with van der Waals surface area (Å²) in [6, 6.07) is 5.62. The molecule has 1 fully saturated rings. The molecule has 1 aliphatic rings. The fourth-order valence-electron chi connectivity index (χ4n) is 2.34. The van der Waals surface area contributed by atoms with Gasteiger partial charge in [-0.15, -0.1) is 0 Å². The first-order chi connectivity index (χ1) is 9.51. The summed E-state index contributed by atoms with van der Waals surface area (Å²) in [4.78, 5) is 25.6. The van der Waals surface area contributed by atoms with E-state index >= 15 is 0 Å². The molecule has 0 spiro atoms. The van der Waals surface area contributed by atoms with Gasteiger partial charge in [0.1, 0.15) is 11.9 Å². The molecule has 2 unspecified atom stereocenters. The van der Waals surface area contributed by atoms with E-state index in [1.54, 1.807) is 12.1 Å². The van der Waals surface area contributed by atoms with Crippen molar-refractivity contribution >= 4 is 11.8 Å². The fourth-order valence-corrected chi connectivity index (χ4v) is 2.34. The maximum absolute atomic E-state index is 13.2. The van der Waals surface area contributed by atoms with Crippen molar-refractivity contribution in [2.75, 3.05) is 6.54 Å². The van der Waals surface area contributed by atoms with Crippen molar-refractivity contribution in [2.24, 2.45) is 5.92 Å². The van der Waals surface area contributed by atoms with Crippen molar-refractivity contribution in [2.45, 2.75) is 32.9 Å². The molecule has 0 saturated carbocycles. The first-order valence-electron chi connectivity index (χ1n) is 6.84. The number of hydrogen-bond acceptors (Lipinski definition) is 2.